The predicted molar refractivity (Wildman–Crippen MR) is 50.2 cm³/mol. The summed E-state index contributed by atoms with van der Waals surface area (Å²) in [6, 6.07) is 0. The van der Waals surface area contributed by atoms with Crippen LogP contribution in [0.25, 0.3) is 0 Å². The lowest BCUT2D eigenvalue weighted by atomic mass is 10.6. The maximum absolute atomic E-state index is 11.0. The van der Waals surface area contributed by atoms with Gasteiger partial charge < -0.3 is 4.48 Å². The number of rotatable bonds is 4. The summed E-state index contributed by atoms with van der Waals surface area (Å²) in [7, 11) is 4.02. The van der Waals surface area contributed by atoms with E-state index in [2.05, 4.69) is 0 Å². The van der Waals surface area contributed by atoms with E-state index in [1.54, 1.807) is 6.26 Å². The van der Waals surface area contributed by atoms with Crippen molar-refractivity contribution in [3.05, 3.63) is 0 Å². The SMILES string of the molecule is CSS(=O)(=O)CC[N+](C)(C)C. The van der Waals surface area contributed by atoms with Crippen LogP contribution in [-0.2, 0) is 8.87 Å². The van der Waals surface area contributed by atoms with Crippen molar-refractivity contribution in [2.24, 2.45) is 0 Å². The minimum absolute atomic E-state index is 0.262. The molecule has 0 aliphatic heterocycles. The van der Waals surface area contributed by atoms with Crippen LogP contribution >= 0.6 is 10.8 Å². The molecule has 0 heterocycles. The monoisotopic (exact) mass is 198 g/mol. The van der Waals surface area contributed by atoms with E-state index in [9.17, 15) is 8.42 Å². The highest BCUT2D eigenvalue weighted by molar-refractivity contribution is 8.71. The fourth-order valence-corrected chi connectivity index (χ4v) is 2.13. The van der Waals surface area contributed by atoms with Crippen LogP contribution in [0.1, 0.15) is 0 Å². The fourth-order valence-electron chi connectivity index (χ4n) is 0.469. The summed E-state index contributed by atoms with van der Waals surface area (Å²) in [5.41, 5.74) is 0. The van der Waals surface area contributed by atoms with E-state index in [0.29, 0.717) is 11.0 Å². The summed E-state index contributed by atoms with van der Waals surface area (Å²) < 4.78 is 22.7. The molecular weight excluding hydrogens is 182 g/mol. The van der Waals surface area contributed by atoms with Crippen molar-refractivity contribution < 1.29 is 12.9 Å². The second-order valence-corrected chi connectivity index (χ2v) is 7.82. The Morgan fingerprint density at radius 2 is 1.73 bits per heavy atom. The molecule has 68 valence electrons. The van der Waals surface area contributed by atoms with E-state index >= 15 is 0 Å². The summed E-state index contributed by atoms with van der Waals surface area (Å²) in [5, 5.41) is 0. The van der Waals surface area contributed by atoms with E-state index in [4.69, 9.17) is 0 Å². The van der Waals surface area contributed by atoms with Crippen molar-refractivity contribution in [3.63, 3.8) is 0 Å². The van der Waals surface area contributed by atoms with Gasteiger partial charge in [-0.1, -0.05) is 0 Å². The Labute approximate surface area is 72.7 Å². The topological polar surface area (TPSA) is 34.1 Å². The molecule has 0 atom stereocenters. The highest BCUT2D eigenvalue weighted by Crippen LogP contribution is 2.08. The van der Waals surface area contributed by atoms with Gasteiger partial charge in [0, 0.05) is 0 Å². The lowest BCUT2D eigenvalue weighted by Crippen LogP contribution is -2.38. The molecule has 0 bridgehead atoms. The highest BCUT2D eigenvalue weighted by Gasteiger charge is 2.14. The summed E-state index contributed by atoms with van der Waals surface area (Å²) in [6.45, 7) is 0.670. The third-order valence-corrected chi connectivity index (χ3v) is 4.48. The molecule has 0 fully saturated rings. The van der Waals surface area contributed by atoms with E-state index in [-0.39, 0.29) is 5.75 Å². The van der Waals surface area contributed by atoms with Gasteiger partial charge in [-0.3, -0.25) is 0 Å². The van der Waals surface area contributed by atoms with E-state index < -0.39 is 8.87 Å². The molecule has 0 saturated heterocycles. The van der Waals surface area contributed by atoms with Gasteiger partial charge in [0.25, 0.3) is 0 Å². The van der Waals surface area contributed by atoms with Crippen LogP contribution in [0.2, 0.25) is 0 Å². The molecule has 0 saturated carbocycles. The summed E-state index contributed by atoms with van der Waals surface area (Å²) >= 11 is 0. The van der Waals surface area contributed by atoms with Gasteiger partial charge in [-0.25, -0.2) is 8.42 Å². The van der Waals surface area contributed by atoms with E-state index in [1.165, 1.54) is 0 Å². The molecular formula is C6H16NO2S2+. The maximum atomic E-state index is 11.0. The molecule has 0 aliphatic carbocycles. The van der Waals surface area contributed by atoms with Crippen LogP contribution in [0.15, 0.2) is 0 Å². The Hall–Kier alpha value is 0.260. The number of hydrogen-bond donors (Lipinski definition) is 0. The standard InChI is InChI=1S/C6H16NO2S2/c1-7(2,3)5-6-11(8,9)10-4/h5-6H2,1-4H3/q+1. The lowest BCUT2D eigenvalue weighted by Gasteiger charge is -2.23. The third kappa shape index (κ3) is 6.65. The zero-order valence-electron chi connectivity index (χ0n) is 7.49. The molecule has 0 spiro atoms. The van der Waals surface area contributed by atoms with Crippen LogP contribution in [0.3, 0.4) is 0 Å². The minimum Gasteiger partial charge on any atom is -0.330 e. The van der Waals surface area contributed by atoms with Gasteiger partial charge in [0.1, 0.15) is 5.75 Å². The Kier molecular flexibility index (Phi) is 3.87. The van der Waals surface area contributed by atoms with Crippen molar-refractivity contribution in [1.29, 1.82) is 0 Å². The molecule has 0 aromatic rings. The van der Waals surface area contributed by atoms with E-state index in [1.807, 2.05) is 21.1 Å². The minimum atomic E-state index is -2.85. The van der Waals surface area contributed by atoms with Gasteiger partial charge in [0.2, 0.25) is 8.87 Å². The van der Waals surface area contributed by atoms with Gasteiger partial charge in [-0.15, -0.1) is 0 Å². The molecule has 3 nitrogen and oxygen atoms in total. The van der Waals surface area contributed by atoms with Crippen LogP contribution < -0.4 is 0 Å². The highest BCUT2D eigenvalue weighted by atomic mass is 33.1. The van der Waals surface area contributed by atoms with Crippen molar-refractivity contribution in [3.8, 4) is 0 Å². The number of nitrogens with zero attached hydrogens (tertiary/aromatic N) is 1. The lowest BCUT2D eigenvalue weighted by molar-refractivity contribution is -0.867. The molecule has 0 rings (SSSR count). The van der Waals surface area contributed by atoms with Gasteiger partial charge in [-0.2, -0.15) is 0 Å². The van der Waals surface area contributed by atoms with Crippen molar-refractivity contribution in [1.82, 2.24) is 0 Å². The quantitative estimate of drug-likeness (QED) is 0.484. The molecule has 0 aromatic heterocycles. The van der Waals surface area contributed by atoms with Crippen molar-refractivity contribution in [2.45, 2.75) is 0 Å². The second kappa shape index (κ2) is 3.78. The molecule has 0 radical (unpaired) electrons. The summed E-state index contributed by atoms with van der Waals surface area (Å²) in [6.07, 6.45) is 1.60. The molecule has 0 amide bonds. The first-order chi connectivity index (χ1) is 4.77. The Balaban J connectivity index is 3.91. The smallest absolute Gasteiger partial charge is 0.206 e. The first kappa shape index (κ1) is 11.3. The van der Waals surface area contributed by atoms with Crippen LogP contribution in [-0.4, -0.2) is 52.6 Å². The normalized spacial score (nSPS) is 13.5. The molecule has 0 aliphatic rings. The Morgan fingerprint density at radius 3 is 2.00 bits per heavy atom. The maximum Gasteiger partial charge on any atom is 0.206 e. The largest absolute Gasteiger partial charge is 0.330 e. The molecule has 0 aromatic carbocycles. The first-order valence-electron chi connectivity index (χ1n) is 3.35. The van der Waals surface area contributed by atoms with E-state index in [0.717, 1.165) is 10.8 Å². The zero-order chi connectivity index (χ0) is 9.12. The van der Waals surface area contributed by atoms with Gasteiger partial charge >= 0.3 is 0 Å². The van der Waals surface area contributed by atoms with Crippen molar-refractivity contribution in [2.75, 3.05) is 39.7 Å². The second-order valence-electron chi connectivity index (χ2n) is 3.44. The fraction of sp³-hybridized carbons (Fsp3) is 1.00. The van der Waals surface area contributed by atoms with Crippen LogP contribution in [0, 0.1) is 0 Å². The van der Waals surface area contributed by atoms with Crippen molar-refractivity contribution >= 4 is 19.7 Å². The van der Waals surface area contributed by atoms with Crippen LogP contribution in [0.4, 0.5) is 0 Å². The summed E-state index contributed by atoms with van der Waals surface area (Å²) in [4.78, 5) is 0. The third-order valence-electron chi connectivity index (χ3n) is 1.27. The molecule has 5 heteroatoms. The van der Waals surface area contributed by atoms with Gasteiger partial charge in [0.15, 0.2) is 0 Å². The average Bonchev–Trinajstić information content (AvgIpc) is 1.83. The molecule has 0 N–H and O–H groups in total. The number of hydrogen-bond acceptors (Lipinski definition) is 3. The first-order valence-corrected chi connectivity index (χ1v) is 6.75. The Morgan fingerprint density at radius 1 is 1.27 bits per heavy atom. The van der Waals surface area contributed by atoms with Gasteiger partial charge in [-0.05, 0) is 17.0 Å². The zero-order valence-corrected chi connectivity index (χ0v) is 9.13. The molecule has 11 heavy (non-hydrogen) atoms. The predicted octanol–water partition coefficient (Wildman–Crippen LogP) is 0.385. The average molecular weight is 198 g/mol. The molecule has 0 unspecified atom stereocenters. The van der Waals surface area contributed by atoms with Crippen LogP contribution in [0.5, 0.6) is 0 Å². The summed E-state index contributed by atoms with van der Waals surface area (Å²) in [5.74, 6) is 0.262. The van der Waals surface area contributed by atoms with Gasteiger partial charge in [0.05, 0.1) is 27.7 Å². The Bertz CT molecular complexity index is 203. The number of quaternary nitrogens is 1.